The summed E-state index contributed by atoms with van der Waals surface area (Å²) < 4.78 is 33.1. The molecule has 3 rings (SSSR count). The van der Waals surface area contributed by atoms with Gasteiger partial charge >= 0.3 is 11.7 Å². The highest BCUT2D eigenvalue weighted by atomic mass is 31.0. The van der Waals surface area contributed by atoms with Crippen molar-refractivity contribution in [3.63, 3.8) is 0 Å². The van der Waals surface area contributed by atoms with Crippen LogP contribution in [-0.2, 0) is 29.5 Å². The predicted molar refractivity (Wildman–Crippen MR) is 181 cm³/mol. The van der Waals surface area contributed by atoms with E-state index >= 15 is 0 Å². The van der Waals surface area contributed by atoms with E-state index in [0.717, 1.165) is 48.8 Å². The van der Waals surface area contributed by atoms with Crippen LogP contribution in [0.4, 0.5) is 8.78 Å². The minimum atomic E-state index is -0.999. The number of ether oxygens (including phenoxy) is 1. The van der Waals surface area contributed by atoms with Gasteiger partial charge in [-0.1, -0.05) is 89.9 Å². The number of nitrogens with one attached hydrogen (secondary N) is 1. The Morgan fingerprint density at radius 2 is 1.60 bits per heavy atom. The lowest BCUT2D eigenvalue weighted by atomic mass is 10.0. The third-order valence-electron chi connectivity index (χ3n) is 6.74. The van der Waals surface area contributed by atoms with E-state index < -0.39 is 35.6 Å². The normalized spacial score (nSPS) is 10.6. The molecule has 1 amide bonds. The molecule has 2 unspecified atom stereocenters. The molecule has 0 saturated carbocycles. The number of benzene rings is 2. The van der Waals surface area contributed by atoms with Crippen LogP contribution in [-0.4, -0.2) is 41.3 Å². The molecule has 0 radical (unpaired) electrons. The van der Waals surface area contributed by atoms with Gasteiger partial charge in [-0.2, -0.15) is 0 Å². The van der Waals surface area contributed by atoms with Gasteiger partial charge in [-0.3, -0.25) is 19.0 Å². The summed E-state index contributed by atoms with van der Waals surface area (Å²) in [6, 6.07) is 10.6. The number of carbonyl (C=O) groups excluding carboxylic acids is 2. The number of halogens is 2. The number of nitrogens with zero attached hydrogens (tertiary/aromatic N) is 2. The SMILES string of the molecule is CCCCC(C)CC.CCc1cc(C)cc(Cn2c(=O)ccn(C)c2=O)c1.COC(=O)CNC(=O)c1c(F)cccc1F.CP. The predicted octanol–water partition coefficient (Wildman–Crippen LogP) is 6.05. The maximum atomic E-state index is 13.1. The van der Waals surface area contributed by atoms with Crippen molar-refractivity contribution >= 4 is 21.1 Å². The van der Waals surface area contributed by atoms with E-state index in [4.69, 9.17) is 0 Å². The number of esters is 1. The Labute approximate surface area is 268 Å². The highest BCUT2D eigenvalue weighted by Crippen LogP contribution is 2.12. The van der Waals surface area contributed by atoms with Crippen LogP contribution in [0.3, 0.4) is 0 Å². The van der Waals surface area contributed by atoms with Crippen LogP contribution in [0.15, 0.2) is 58.3 Å². The highest BCUT2D eigenvalue weighted by Gasteiger charge is 2.17. The van der Waals surface area contributed by atoms with E-state index in [9.17, 15) is 28.0 Å². The molecule has 0 aliphatic heterocycles. The Morgan fingerprint density at radius 1 is 1.00 bits per heavy atom. The minimum absolute atomic E-state index is 0.261. The zero-order chi connectivity index (χ0) is 34.5. The Morgan fingerprint density at radius 3 is 2.13 bits per heavy atom. The molecule has 45 heavy (non-hydrogen) atoms. The second-order valence-corrected chi connectivity index (χ2v) is 10.3. The molecule has 0 bridgehead atoms. The van der Waals surface area contributed by atoms with Crippen molar-refractivity contribution in [1.82, 2.24) is 14.5 Å². The quantitative estimate of drug-likeness (QED) is 0.213. The molecule has 8 nitrogen and oxygen atoms in total. The van der Waals surface area contributed by atoms with Gasteiger partial charge in [0.1, 0.15) is 23.7 Å². The average Bonchev–Trinajstić information content (AvgIpc) is 3.03. The zero-order valence-electron chi connectivity index (χ0n) is 27.9. The van der Waals surface area contributed by atoms with Crippen LogP contribution in [0, 0.1) is 24.5 Å². The Balaban J connectivity index is 0.000000675. The first-order valence-corrected chi connectivity index (χ1v) is 16.3. The molecule has 0 aliphatic carbocycles. The topological polar surface area (TPSA) is 99.4 Å². The molecule has 1 heterocycles. The summed E-state index contributed by atoms with van der Waals surface area (Å²) in [5.41, 5.74) is 2.09. The van der Waals surface area contributed by atoms with Crippen LogP contribution >= 0.6 is 9.24 Å². The number of rotatable bonds is 10. The number of methoxy groups -OCH3 is 1. The van der Waals surface area contributed by atoms with Crippen LogP contribution in [0.2, 0.25) is 0 Å². The monoisotopic (exact) mass is 649 g/mol. The number of hydrogen-bond acceptors (Lipinski definition) is 5. The number of aryl methyl sites for hydroxylation is 3. The zero-order valence-corrected chi connectivity index (χ0v) is 29.1. The fraction of sp³-hybridized carbons (Fsp3) is 0.471. The van der Waals surface area contributed by atoms with Crippen LogP contribution in [0.25, 0.3) is 0 Å². The van der Waals surface area contributed by atoms with Crippen molar-refractivity contribution in [3.05, 3.63) is 103 Å². The van der Waals surface area contributed by atoms with Crippen molar-refractivity contribution < 1.29 is 23.1 Å². The van der Waals surface area contributed by atoms with Crippen LogP contribution in [0.5, 0.6) is 0 Å². The molecular weight excluding hydrogens is 599 g/mol. The maximum Gasteiger partial charge on any atom is 0.331 e. The molecule has 250 valence electrons. The number of aromatic nitrogens is 2. The molecule has 11 heteroatoms. The molecule has 0 fully saturated rings. The van der Waals surface area contributed by atoms with Gasteiger partial charge in [-0.05, 0) is 42.5 Å². The summed E-state index contributed by atoms with van der Waals surface area (Å²) in [5, 5.41) is 2.04. The smallest absolute Gasteiger partial charge is 0.331 e. The van der Waals surface area contributed by atoms with Gasteiger partial charge in [0.15, 0.2) is 0 Å². The largest absolute Gasteiger partial charge is 0.468 e. The standard InChI is InChI=1S/C15H18N2O2.C10H9F2NO3.C8H18.CH5P/c1-4-12-7-11(2)8-13(9-12)10-17-14(18)5-6-16(3)15(17)19;1-16-8(14)5-13-10(15)9-6(11)3-2-4-7(9)12;1-4-6-7-8(3)5-2;1-2/h5-9H,4,10H2,1-3H3;2-4H,5H2,1H3,(H,13,15);8H,4-7H2,1-3H3;2H2,1H3. The number of carbonyl (C=O) groups is 2. The molecule has 3 aromatic rings. The summed E-state index contributed by atoms with van der Waals surface area (Å²) in [4.78, 5) is 45.7. The van der Waals surface area contributed by atoms with Gasteiger partial charge in [0.2, 0.25) is 0 Å². The lowest BCUT2D eigenvalue weighted by molar-refractivity contribution is -0.139. The Kier molecular flexibility index (Phi) is 20.9. The number of unbranched alkanes of at least 4 members (excludes halogenated alkanes) is 1. The van der Waals surface area contributed by atoms with Gasteiger partial charge in [-0.15, -0.1) is 9.24 Å². The number of hydrogen-bond donors (Lipinski definition) is 1. The van der Waals surface area contributed by atoms with Crippen LogP contribution < -0.4 is 16.6 Å². The molecule has 2 aromatic carbocycles. The van der Waals surface area contributed by atoms with E-state index in [1.54, 1.807) is 7.05 Å². The van der Waals surface area contributed by atoms with Gasteiger partial charge in [-0.25, -0.2) is 13.6 Å². The van der Waals surface area contributed by atoms with E-state index in [2.05, 4.69) is 47.7 Å². The molecule has 1 aromatic heterocycles. The number of amides is 1. The second-order valence-electron chi connectivity index (χ2n) is 10.3. The van der Waals surface area contributed by atoms with Crippen molar-refractivity contribution in [2.45, 2.75) is 73.3 Å². The summed E-state index contributed by atoms with van der Waals surface area (Å²) in [6.07, 6.45) is 7.97. The van der Waals surface area contributed by atoms with Gasteiger partial charge in [0.05, 0.1) is 13.7 Å². The lowest BCUT2D eigenvalue weighted by Crippen LogP contribution is -2.38. The van der Waals surface area contributed by atoms with Crippen molar-refractivity contribution in [2.24, 2.45) is 13.0 Å². The van der Waals surface area contributed by atoms with E-state index in [1.165, 1.54) is 52.6 Å². The molecule has 2 atom stereocenters. The fourth-order valence-corrected chi connectivity index (χ4v) is 3.97. The van der Waals surface area contributed by atoms with Crippen molar-refractivity contribution in [3.8, 4) is 0 Å². The molecule has 0 spiro atoms. The lowest BCUT2D eigenvalue weighted by Gasteiger charge is -2.09. The molecule has 1 N–H and O–H groups in total. The molecular formula is C34H50F2N3O5P. The summed E-state index contributed by atoms with van der Waals surface area (Å²) in [6.45, 7) is 12.8. The summed E-state index contributed by atoms with van der Waals surface area (Å²) in [7, 11) is 5.20. The van der Waals surface area contributed by atoms with Crippen molar-refractivity contribution in [2.75, 3.05) is 20.3 Å². The Bertz CT molecular complexity index is 1440. The molecule has 0 aliphatic rings. The summed E-state index contributed by atoms with van der Waals surface area (Å²) >= 11 is 0. The van der Waals surface area contributed by atoms with Crippen LogP contribution in [0.1, 0.15) is 80.4 Å². The van der Waals surface area contributed by atoms with E-state index in [1.807, 2.05) is 31.0 Å². The van der Waals surface area contributed by atoms with Gasteiger partial charge in [0, 0.05) is 19.3 Å². The van der Waals surface area contributed by atoms with Gasteiger partial charge in [0.25, 0.3) is 11.5 Å². The second kappa shape index (κ2) is 22.8. The fourth-order valence-electron chi connectivity index (χ4n) is 3.97. The maximum absolute atomic E-state index is 13.1. The minimum Gasteiger partial charge on any atom is -0.468 e. The third-order valence-corrected chi connectivity index (χ3v) is 6.74. The molecule has 0 saturated heterocycles. The van der Waals surface area contributed by atoms with Crippen molar-refractivity contribution in [1.29, 1.82) is 0 Å². The first-order valence-electron chi connectivity index (χ1n) is 15.1. The van der Waals surface area contributed by atoms with E-state index in [0.29, 0.717) is 6.54 Å². The average molecular weight is 650 g/mol. The summed E-state index contributed by atoms with van der Waals surface area (Å²) in [5.74, 6) is -2.72. The first-order chi connectivity index (χ1) is 21.4. The third kappa shape index (κ3) is 15.3. The van der Waals surface area contributed by atoms with Gasteiger partial charge < -0.3 is 14.6 Å². The highest BCUT2D eigenvalue weighted by molar-refractivity contribution is 7.15. The van der Waals surface area contributed by atoms with E-state index in [-0.39, 0.29) is 11.2 Å². The Hall–Kier alpha value is -3.65. The first kappa shape index (κ1) is 41.4.